The van der Waals surface area contributed by atoms with E-state index in [1.54, 1.807) is 0 Å². The van der Waals surface area contributed by atoms with Crippen molar-refractivity contribution >= 4 is 37.5 Å². The molecule has 0 fully saturated rings. The molecule has 0 heterocycles. The Balaban J connectivity index is 2.30. The maximum atomic E-state index is 10.8. The van der Waals surface area contributed by atoms with Crippen molar-refractivity contribution < 1.29 is 14.4 Å². The van der Waals surface area contributed by atoms with Crippen molar-refractivity contribution in [1.29, 1.82) is 0 Å². The molecular weight excluding hydrogens is 406 g/mol. The summed E-state index contributed by atoms with van der Waals surface area (Å²) in [6, 6.07) is 9.80. The van der Waals surface area contributed by atoms with E-state index in [1.165, 1.54) is 25.3 Å². The Bertz CT molecular complexity index is 676. The van der Waals surface area contributed by atoms with E-state index in [2.05, 4.69) is 31.9 Å². The number of nitro groups is 1. The van der Waals surface area contributed by atoms with Gasteiger partial charge < -0.3 is 9.47 Å². The molecule has 0 aromatic heterocycles. The molecule has 0 amide bonds. The molecule has 0 saturated carbocycles. The van der Waals surface area contributed by atoms with Gasteiger partial charge in [-0.15, -0.1) is 0 Å². The van der Waals surface area contributed by atoms with Crippen LogP contribution in [-0.2, 0) is 5.33 Å². The molecule has 0 aliphatic rings. The molecule has 0 bridgehead atoms. The summed E-state index contributed by atoms with van der Waals surface area (Å²) in [7, 11) is 1.44. The summed E-state index contributed by atoms with van der Waals surface area (Å²) in [5, 5.41) is 11.5. The number of nitro benzene ring substituents is 1. The minimum absolute atomic E-state index is 0.0463. The first-order chi connectivity index (χ1) is 10.0. The van der Waals surface area contributed by atoms with E-state index in [1.807, 2.05) is 18.2 Å². The van der Waals surface area contributed by atoms with Gasteiger partial charge in [0.25, 0.3) is 5.69 Å². The van der Waals surface area contributed by atoms with Gasteiger partial charge in [0, 0.05) is 15.9 Å². The average Bonchev–Trinajstić information content (AvgIpc) is 2.47. The lowest BCUT2D eigenvalue weighted by atomic mass is 10.2. The summed E-state index contributed by atoms with van der Waals surface area (Å²) in [6.07, 6.45) is 0. The van der Waals surface area contributed by atoms with Crippen molar-refractivity contribution in [3.63, 3.8) is 0 Å². The maximum Gasteiger partial charge on any atom is 0.273 e. The molecule has 0 unspecified atom stereocenters. The SMILES string of the molecule is COc1cc([N+](=O)[O-])ccc1Oc1ccc(CBr)c(Br)c1. The van der Waals surface area contributed by atoms with E-state index < -0.39 is 4.92 Å². The van der Waals surface area contributed by atoms with Gasteiger partial charge in [-0.25, -0.2) is 0 Å². The number of nitrogens with zero attached hydrogens (tertiary/aromatic N) is 1. The van der Waals surface area contributed by atoms with E-state index >= 15 is 0 Å². The zero-order valence-corrected chi connectivity index (χ0v) is 14.2. The summed E-state index contributed by atoms with van der Waals surface area (Å²) < 4.78 is 11.8. The zero-order chi connectivity index (χ0) is 15.4. The molecule has 0 atom stereocenters. The van der Waals surface area contributed by atoms with Gasteiger partial charge in [-0.3, -0.25) is 10.1 Å². The van der Waals surface area contributed by atoms with Gasteiger partial charge in [0.15, 0.2) is 11.5 Å². The molecule has 0 N–H and O–H groups in total. The fourth-order valence-corrected chi connectivity index (χ4v) is 3.04. The highest BCUT2D eigenvalue weighted by molar-refractivity contribution is 9.10. The Labute approximate surface area is 138 Å². The quantitative estimate of drug-likeness (QED) is 0.388. The van der Waals surface area contributed by atoms with Gasteiger partial charge >= 0.3 is 0 Å². The Morgan fingerprint density at radius 2 is 1.95 bits per heavy atom. The van der Waals surface area contributed by atoms with Gasteiger partial charge in [-0.05, 0) is 23.8 Å². The molecule has 2 aromatic rings. The third-order valence-electron chi connectivity index (χ3n) is 2.75. The largest absolute Gasteiger partial charge is 0.493 e. The minimum atomic E-state index is -0.478. The van der Waals surface area contributed by atoms with Crippen molar-refractivity contribution in [1.82, 2.24) is 0 Å². The molecular formula is C14H11Br2NO4. The number of alkyl halides is 1. The standard InChI is InChI=1S/C14H11Br2NO4/c1-20-14-6-10(17(18)19)3-5-13(14)21-11-4-2-9(8-15)12(16)7-11/h2-7H,8H2,1H3. The molecule has 7 heteroatoms. The third kappa shape index (κ3) is 3.74. The van der Waals surface area contributed by atoms with Crippen molar-refractivity contribution in [3.05, 3.63) is 56.5 Å². The molecule has 0 radical (unpaired) electrons. The summed E-state index contributed by atoms with van der Waals surface area (Å²) >= 11 is 6.85. The van der Waals surface area contributed by atoms with Crippen molar-refractivity contribution in [2.24, 2.45) is 0 Å². The number of hydrogen-bond acceptors (Lipinski definition) is 4. The van der Waals surface area contributed by atoms with Crippen molar-refractivity contribution in [2.45, 2.75) is 5.33 Å². The lowest BCUT2D eigenvalue weighted by Crippen LogP contribution is -1.94. The van der Waals surface area contributed by atoms with E-state index in [-0.39, 0.29) is 5.69 Å². The van der Waals surface area contributed by atoms with Crippen LogP contribution in [0.4, 0.5) is 5.69 Å². The Morgan fingerprint density at radius 1 is 1.19 bits per heavy atom. The van der Waals surface area contributed by atoms with Crippen LogP contribution >= 0.6 is 31.9 Å². The highest BCUT2D eigenvalue weighted by Gasteiger charge is 2.13. The summed E-state index contributed by atoms with van der Waals surface area (Å²) in [5.74, 6) is 1.34. The predicted octanol–water partition coefficient (Wildman–Crippen LogP) is 5.05. The van der Waals surface area contributed by atoms with Crippen LogP contribution in [0.15, 0.2) is 40.9 Å². The summed E-state index contributed by atoms with van der Waals surface area (Å²) in [6.45, 7) is 0. The highest BCUT2D eigenvalue weighted by atomic mass is 79.9. The van der Waals surface area contributed by atoms with Crippen LogP contribution in [0.5, 0.6) is 17.2 Å². The molecule has 0 aliphatic carbocycles. The van der Waals surface area contributed by atoms with Crippen LogP contribution in [-0.4, -0.2) is 12.0 Å². The molecule has 0 saturated heterocycles. The molecule has 110 valence electrons. The van der Waals surface area contributed by atoms with Crippen molar-refractivity contribution in [2.75, 3.05) is 7.11 Å². The van der Waals surface area contributed by atoms with Gasteiger partial charge in [-0.1, -0.05) is 37.9 Å². The van der Waals surface area contributed by atoms with E-state index in [0.717, 1.165) is 15.4 Å². The molecule has 2 rings (SSSR count). The number of methoxy groups -OCH3 is 1. The van der Waals surface area contributed by atoms with E-state index in [9.17, 15) is 10.1 Å². The fraction of sp³-hybridized carbons (Fsp3) is 0.143. The molecule has 2 aromatic carbocycles. The summed E-state index contributed by atoms with van der Waals surface area (Å²) in [5.41, 5.74) is 1.05. The minimum Gasteiger partial charge on any atom is -0.493 e. The van der Waals surface area contributed by atoms with Crippen LogP contribution in [0.2, 0.25) is 0 Å². The first-order valence-electron chi connectivity index (χ1n) is 5.90. The fourth-order valence-electron chi connectivity index (χ4n) is 1.68. The Hall–Kier alpha value is -1.60. The number of hydrogen-bond donors (Lipinski definition) is 0. The molecule has 0 aliphatic heterocycles. The topological polar surface area (TPSA) is 61.6 Å². The predicted molar refractivity (Wildman–Crippen MR) is 86.5 cm³/mol. The van der Waals surface area contributed by atoms with E-state index in [4.69, 9.17) is 9.47 Å². The monoisotopic (exact) mass is 415 g/mol. The second-order valence-corrected chi connectivity index (χ2v) is 5.50. The number of benzene rings is 2. The van der Waals surface area contributed by atoms with Crippen LogP contribution in [0.3, 0.4) is 0 Å². The number of non-ortho nitro benzene ring substituents is 1. The smallest absolute Gasteiger partial charge is 0.273 e. The lowest BCUT2D eigenvalue weighted by molar-refractivity contribution is -0.384. The molecule has 21 heavy (non-hydrogen) atoms. The van der Waals surface area contributed by atoms with Crippen molar-refractivity contribution in [3.8, 4) is 17.2 Å². The van der Waals surface area contributed by atoms with Crippen LogP contribution in [0, 0.1) is 10.1 Å². The van der Waals surface area contributed by atoms with E-state index in [0.29, 0.717) is 17.2 Å². The Kier molecular flexibility index (Phi) is 5.19. The van der Waals surface area contributed by atoms with Gasteiger partial charge in [0.1, 0.15) is 5.75 Å². The average molecular weight is 417 g/mol. The van der Waals surface area contributed by atoms with Gasteiger partial charge in [-0.2, -0.15) is 0 Å². The first-order valence-corrected chi connectivity index (χ1v) is 7.81. The van der Waals surface area contributed by atoms with Crippen LogP contribution in [0.1, 0.15) is 5.56 Å². The van der Waals surface area contributed by atoms with Gasteiger partial charge in [0.2, 0.25) is 0 Å². The number of halogens is 2. The first kappa shape index (κ1) is 15.8. The molecule has 0 spiro atoms. The third-order valence-corrected chi connectivity index (χ3v) is 4.10. The number of ether oxygens (including phenoxy) is 2. The second-order valence-electron chi connectivity index (χ2n) is 4.08. The summed E-state index contributed by atoms with van der Waals surface area (Å²) in [4.78, 5) is 10.3. The Morgan fingerprint density at radius 3 is 2.52 bits per heavy atom. The van der Waals surface area contributed by atoms with Crippen LogP contribution in [0.25, 0.3) is 0 Å². The highest BCUT2D eigenvalue weighted by Crippen LogP contribution is 2.35. The maximum absolute atomic E-state index is 10.8. The van der Waals surface area contributed by atoms with Gasteiger partial charge in [0.05, 0.1) is 18.1 Å². The zero-order valence-electron chi connectivity index (χ0n) is 11.0. The number of rotatable bonds is 5. The molecule has 5 nitrogen and oxygen atoms in total. The lowest BCUT2D eigenvalue weighted by Gasteiger charge is -2.11. The second kappa shape index (κ2) is 6.91. The van der Waals surface area contributed by atoms with Crippen LogP contribution < -0.4 is 9.47 Å². The normalized spacial score (nSPS) is 10.2.